The summed E-state index contributed by atoms with van der Waals surface area (Å²) in [4.78, 5) is 31.3. The summed E-state index contributed by atoms with van der Waals surface area (Å²) in [5.41, 5.74) is 2.01. The Kier molecular flexibility index (Phi) is 8.15. The van der Waals surface area contributed by atoms with Gasteiger partial charge < -0.3 is 29.5 Å². The van der Waals surface area contributed by atoms with E-state index in [2.05, 4.69) is 21.2 Å². The van der Waals surface area contributed by atoms with Crippen molar-refractivity contribution in [2.75, 3.05) is 64.2 Å². The van der Waals surface area contributed by atoms with Gasteiger partial charge in [0.15, 0.2) is 5.11 Å². The highest BCUT2D eigenvalue weighted by molar-refractivity contribution is 7.80. The van der Waals surface area contributed by atoms with Gasteiger partial charge in [0.1, 0.15) is 10.8 Å². The average Bonchev–Trinajstić information content (AvgIpc) is 3.14. The summed E-state index contributed by atoms with van der Waals surface area (Å²) >= 11 is 6.88. The van der Waals surface area contributed by atoms with Crippen LogP contribution in [0.25, 0.3) is 0 Å². The summed E-state index contributed by atoms with van der Waals surface area (Å²) in [5, 5.41) is 4.24. The number of anilines is 2. The molecule has 2 heterocycles. The summed E-state index contributed by atoms with van der Waals surface area (Å²) in [6.45, 7) is 7.34. The van der Waals surface area contributed by atoms with Crippen molar-refractivity contribution in [3.8, 4) is 5.75 Å². The third-order valence-electron chi connectivity index (χ3n) is 5.43. The van der Waals surface area contributed by atoms with Gasteiger partial charge in [0.05, 0.1) is 29.8 Å². The van der Waals surface area contributed by atoms with E-state index >= 15 is 0 Å². The highest BCUT2D eigenvalue weighted by Gasteiger charge is 2.28. The molecule has 1 fully saturated rings. The van der Waals surface area contributed by atoms with E-state index in [0.29, 0.717) is 45.8 Å². The van der Waals surface area contributed by atoms with Crippen LogP contribution in [0.4, 0.5) is 10.7 Å². The van der Waals surface area contributed by atoms with E-state index in [1.165, 1.54) is 23.3 Å². The van der Waals surface area contributed by atoms with Gasteiger partial charge in [0.25, 0.3) is 5.91 Å². The Morgan fingerprint density at radius 3 is 2.45 bits per heavy atom. The van der Waals surface area contributed by atoms with Crippen LogP contribution in [-0.2, 0) is 4.74 Å². The fourth-order valence-electron chi connectivity index (χ4n) is 3.68. The molecule has 1 N–H and O–H groups in total. The first kappa shape index (κ1) is 24.8. The zero-order valence-electron chi connectivity index (χ0n) is 19.6. The molecule has 1 amide bonds. The van der Waals surface area contributed by atoms with Crippen LogP contribution in [0.15, 0.2) is 24.3 Å². The van der Waals surface area contributed by atoms with Gasteiger partial charge >= 0.3 is 5.97 Å². The molecule has 0 bridgehead atoms. The topological polar surface area (TPSA) is 74.4 Å². The molecule has 1 saturated heterocycles. The smallest absolute Gasteiger partial charge is 0.341 e. The minimum Gasteiger partial charge on any atom is -0.492 e. The fourth-order valence-corrected chi connectivity index (χ4v) is 5.24. The number of rotatable bonds is 6. The van der Waals surface area contributed by atoms with Crippen molar-refractivity contribution >= 4 is 51.2 Å². The molecule has 0 unspecified atom stereocenters. The van der Waals surface area contributed by atoms with Crippen molar-refractivity contribution in [2.24, 2.45) is 0 Å². The number of benzene rings is 1. The predicted molar refractivity (Wildman–Crippen MR) is 136 cm³/mol. The number of thiophene rings is 1. The Morgan fingerprint density at radius 2 is 1.85 bits per heavy atom. The zero-order valence-corrected chi connectivity index (χ0v) is 21.3. The number of hydrogen-bond donors (Lipinski definition) is 1. The molecule has 3 rings (SSSR count). The normalized spacial score (nSPS) is 13.5. The van der Waals surface area contributed by atoms with E-state index in [1.807, 2.05) is 25.1 Å². The first-order valence-electron chi connectivity index (χ1n) is 10.7. The first-order valence-corrected chi connectivity index (χ1v) is 12.0. The Balaban J connectivity index is 1.73. The molecule has 1 aliphatic heterocycles. The van der Waals surface area contributed by atoms with E-state index in [4.69, 9.17) is 21.7 Å². The number of amides is 1. The quantitative estimate of drug-likeness (QED) is 0.488. The molecule has 1 aromatic heterocycles. The van der Waals surface area contributed by atoms with Crippen LogP contribution >= 0.6 is 23.6 Å². The number of methoxy groups -OCH3 is 1. The molecule has 10 heteroatoms. The van der Waals surface area contributed by atoms with Crippen LogP contribution in [0.3, 0.4) is 0 Å². The second kappa shape index (κ2) is 10.8. The molecular weight excluding hydrogens is 460 g/mol. The van der Waals surface area contributed by atoms with Crippen LogP contribution in [0.5, 0.6) is 5.75 Å². The molecular formula is C23H30N4O4S2. The fraction of sp³-hybridized carbons (Fsp3) is 0.435. The molecule has 0 radical (unpaired) electrons. The molecule has 0 spiro atoms. The molecule has 0 saturated carbocycles. The van der Waals surface area contributed by atoms with E-state index in [9.17, 15) is 9.59 Å². The van der Waals surface area contributed by atoms with Crippen LogP contribution in [0.2, 0.25) is 0 Å². The lowest BCUT2D eigenvalue weighted by molar-refractivity contribution is 0.0601. The van der Waals surface area contributed by atoms with Gasteiger partial charge in [0, 0.05) is 40.3 Å². The van der Waals surface area contributed by atoms with Gasteiger partial charge in [-0.25, -0.2) is 4.79 Å². The van der Waals surface area contributed by atoms with Crippen molar-refractivity contribution < 1.29 is 19.1 Å². The number of nitrogens with one attached hydrogen (secondary N) is 1. The second-order valence-electron chi connectivity index (χ2n) is 7.76. The number of thiocarbonyl (C=S) groups is 1. The molecule has 178 valence electrons. The predicted octanol–water partition coefficient (Wildman–Crippen LogP) is 3.46. The zero-order chi connectivity index (χ0) is 24.1. The summed E-state index contributed by atoms with van der Waals surface area (Å²) in [6, 6.07) is 8.03. The summed E-state index contributed by atoms with van der Waals surface area (Å²) in [6.07, 6.45) is 0. The van der Waals surface area contributed by atoms with Crippen LogP contribution < -0.4 is 15.0 Å². The van der Waals surface area contributed by atoms with Gasteiger partial charge in [-0.1, -0.05) is 12.1 Å². The molecule has 1 aromatic carbocycles. The number of esters is 1. The van der Waals surface area contributed by atoms with E-state index in [1.54, 1.807) is 21.0 Å². The molecule has 0 aliphatic carbocycles. The molecule has 8 nitrogen and oxygen atoms in total. The van der Waals surface area contributed by atoms with Gasteiger partial charge in [-0.2, -0.15) is 0 Å². The molecule has 1 aliphatic rings. The maximum absolute atomic E-state index is 12.6. The van der Waals surface area contributed by atoms with E-state index in [0.717, 1.165) is 24.5 Å². The highest BCUT2D eigenvalue weighted by atomic mass is 32.1. The SMILES string of the molecule is CCOc1ccccc1N1CCN(C(=S)Nc2sc(C(=O)N(C)C)c(C)c2C(=O)OC)CC1. The second-order valence-corrected chi connectivity index (χ2v) is 9.16. The van der Waals surface area contributed by atoms with Crippen molar-refractivity contribution in [3.05, 3.63) is 40.3 Å². The average molecular weight is 491 g/mol. The Hall–Kier alpha value is -2.85. The van der Waals surface area contributed by atoms with Gasteiger partial charge in [-0.3, -0.25) is 4.79 Å². The number of nitrogens with zero attached hydrogens (tertiary/aromatic N) is 3. The van der Waals surface area contributed by atoms with Crippen molar-refractivity contribution in [3.63, 3.8) is 0 Å². The summed E-state index contributed by atoms with van der Waals surface area (Å²) < 4.78 is 10.7. The molecule has 0 atom stereocenters. The van der Waals surface area contributed by atoms with Crippen LogP contribution in [0.1, 0.15) is 32.5 Å². The van der Waals surface area contributed by atoms with Gasteiger partial charge in [-0.15, -0.1) is 11.3 Å². The molecule has 33 heavy (non-hydrogen) atoms. The summed E-state index contributed by atoms with van der Waals surface area (Å²) in [7, 11) is 4.69. The largest absolute Gasteiger partial charge is 0.492 e. The lowest BCUT2D eigenvalue weighted by Crippen LogP contribution is -2.50. The third kappa shape index (κ3) is 5.39. The monoisotopic (exact) mass is 490 g/mol. The van der Waals surface area contributed by atoms with Crippen LogP contribution in [-0.4, -0.2) is 80.8 Å². The maximum Gasteiger partial charge on any atom is 0.341 e. The number of ether oxygens (including phenoxy) is 2. The van der Waals surface area contributed by atoms with Crippen LogP contribution in [0, 0.1) is 6.92 Å². The number of para-hydroxylation sites is 2. The Bertz CT molecular complexity index is 1030. The minimum absolute atomic E-state index is 0.164. The van der Waals surface area contributed by atoms with Crippen molar-refractivity contribution in [1.29, 1.82) is 0 Å². The van der Waals surface area contributed by atoms with E-state index < -0.39 is 5.97 Å². The maximum atomic E-state index is 12.6. The summed E-state index contributed by atoms with van der Waals surface area (Å²) in [5.74, 6) is 0.219. The van der Waals surface area contributed by atoms with Crippen molar-refractivity contribution in [2.45, 2.75) is 13.8 Å². The lowest BCUT2D eigenvalue weighted by Gasteiger charge is -2.37. The highest BCUT2D eigenvalue weighted by Crippen LogP contribution is 2.35. The Morgan fingerprint density at radius 1 is 1.18 bits per heavy atom. The standard InChI is InChI=1S/C23H30N4O4S2/c1-6-31-17-10-8-7-9-16(17)26-11-13-27(14-12-26)23(32)24-20-18(22(29)30-5)15(2)19(33-20)21(28)25(3)4/h7-10H,6,11-14H2,1-5H3,(H,24,32). The third-order valence-corrected chi connectivity index (χ3v) is 6.99. The number of carbonyl (C=O) groups excluding carboxylic acids is 2. The lowest BCUT2D eigenvalue weighted by atomic mass is 10.1. The van der Waals surface area contributed by atoms with Crippen molar-refractivity contribution in [1.82, 2.24) is 9.80 Å². The minimum atomic E-state index is -0.496. The first-order chi connectivity index (χ1) is 15.8. The van der Waals surface area contributed by atoms with E-state index in [-0.39, 0.29) is 5.91 Å². The van der Waals surface area contributed by atoms with Gasteiger partial charge in [-0.05, 0) is 43.8 Å². The molecule has 2 aromatic rings. The van der Waals surface area contributed by atoms with Gasteiger partial charge in [0.2, 0.25) is 0 Å². The number of piperazine rings is 1. The number of carbonyl (C=O) groups is 2. The number of hydrogen-bond acceptors (Lipinski definition) is 7. The Labute approximate surface area is 204 Å².